The fourth-order valence-electron chi connectivity index (χ4n) is 8.27. The minimum Gasteiger partial charge on any atom is -0.457 e. The predicted molar refractivity (Wildman–Crippen MR) is 222 cm³/mol. The third-order valence-corrected chi connectivity index (χ3v) is 10.7. The van der Waals surface area contributed by atoms with E-state index in [1.165, 1.54) is 27.6 Å². The smallest absolute Gasteiger partial charge is 0.220 e. The number of rotatable bonds is 7. The number of pyridine rings is 1. The van der Waals surface area contributed by atoms with Crippen LogP contribution >= 0.6 is 0 Å². The molecule has 0 radical (unpaired) electrons. The Hall–Kier alpha value is -6.66. The molecule has 0 spiro atoms. The molecule has 0 amide bonds. The number of hydrogen-bond acceptors (Lipinski definition) is 3. The van der Waals surface area contributed by atoms with Crippen LogP contribution in [0, 0.1) is 0 Å². The van der Waals surface area contributed by atoms with Gasteiger partial charge in [-0.1, -0.05) is 100 Å². The molecule has 6 aromatic carbocycles. The summed E-state index contributed by atoms with van der Waals surface area (Å²) in [6.45, 7) is 9.11. The highest BCUT2D eigenvalue weighted by Crippen LogP contribution is 2.41. The lowest BCUT2D eigenvalue weighted by Gasteiger charge is -2.23. The molecule has 0 N–H and O–H groups in total. The minimum absolute atomic E-state index is 0.319. The van der Waals surface area contributed by atoms with Gasteiger partial charge in [-0.2, -0.15) is 0 Å². The van der Waals surface area contributed by atoms with E-state index in [1.54, 1.807) is 0 Å². The first-order chi connectivity index (χ1) is 26.5. The number of nitrogens with zero attached hydrogens (tertiary/aromatic N) is 5. The van der Waals surface area contributed by atoms with Crippen LogP contribution in [0.1, 0.15) is 50.7 Å². The molecule has 6 heteroatoms. The van der Waals surface area contributed by atoms with Crippen molar-refractivity contribution in [1.29, 1.82) is 0 Å². The van der Waals surface area contributed by atoms with Gasteiger partial charge in [0.15, 0.2) is 0 Å². The molecule has 0 aliphatic rings. The summed E-state index contributed by atoms with van der Waals surface area (Å²) in [4.78, 5) is 10.1. The molecule has 0 aliphatic carbocycles. The highest BCUT2D eigenvalue weighted by molar-refractivity contribution is 6.10. The molecule has 54 heavy (non-hydrogen) atoms. The van der Waals surface area contributed by atoms with Gasteiger partial charge in [0.2, 0.25) is 5.95 Å². The third-order valence-electron chi connectivity index (χ3n) is 10.7. The molecule has 262 valence electrons. The molecule has 10 rings (SSSR count). The van der Waals surface area contributed by atoms with Crippen LogP contribution in [-0.4, -0.2) is 23.7 Å². The standard InChI is InChI=1S/C48H39N5O/c1-30(2)34-16-13-17-35(31(3)4)47(34)53-43-21-10-7-18-40(43)50-48(53)52-42-20-9-6-15-37(42)39-26-24-33(29-45(39)52)54-32-23-25-38-36-14-5-8-19-41(36)51(44(38)28-32)46-22-11-12-27-49-46/h5-31H,1-4H3. The quantitative estimate of drug-likeness (QED) is 0.166. The summed E-state index contributed by atoms with van der Waals surface area (Å²) >= 11 is 0. The molecule has 0 aliphatic heterocycles. The fourth-order valence-corrected chi connectivity index (χ4v) is 8.27. The van der Waals surface area contributed by atoms with Crippen LogP contribution in [0.2, 0.25) is 0 Å². The number of fused-ring (bicyclic) bond motifs is 7. The van der Waals surface area contributed by atoms with Crippen molar-refractivity contribution in [3.05, 3.63) is 163 Å². The normalized spacial score (nSPS) is 12.0. The number of para-hydroxylation sites is 5. The van der Waals surface area contributed by atoms with Crippen LogP contribution in [0.3, 0.4) is 0 Å². The van der Waals surface area contributed by atoms with Crippen LogP contribution in [0.25, 0.3) is 72.1 Å². The summed E-state index contributed by atoms with van der Waals surface area (Å²) in [5.74, 6) is 3.87. The van der Waals surface area contributed by atoms with Crippen molar-refractivity contribution in [2.24, 2.45) is 0 Å². The first kappa shape index (κ1) is 32.0. The van der Waals surface area contributed by atoms with Crippen molar-refractivity contribution in [3.8, 4) is 29.0 Å². The van der Waals surface area contributed by atoms with E-state index < -0.39 is 0 Å². The molecule has 0 saturated heterocycles. The largest absolute Gasteiger partial charge is 0.457 e. The van der Waals surface area contributed by atoms with E-state index in [1.807, 2.05) is 24.4 Å². The second kappa shape index (κ2) is 12.5. The molecule has 6 nitrogen and oxygen atoms in total. The number of imidazole rings is 1. The molecule has 10 aromatic rings. The van der Waals surface area contributed by atoms with Gasteiger partial charge in [0.05, 0.1) is 38.8 Å². The first-order valence-electron chi connectivity index (χ1n) is 18.7. The molecule has 4 aromatic heterocycles. The van der Waals surface area contributed by atoms with Crippen LogP contribution in [0.5, 0.6) is 11.5 Å². The zero-order chi connectivity index (χ0) is 36.5. The lowest BCUT2D eigenvalue weighted by Crippen LogP contribution is -2.11. The monoisotopic (exact) mass is 701 g/mol. The van der Waals surface area contributed by atoms with Crippen molar-refractivity contribution in [3.63, 3.8) is 0 Å². The zero-order valence-corrected chi connectivity index (χ0v) is 30.7. The van der Waals surface area contributed by atoms with Gasteiger partial charge in [-0.25, -0.2) is 9.97 Å². The molecule has 0 unspecified atom stereocenters. The second-order valence-corrected chi connectivity index (χ2v) is 14.7. The molecular formula is C48H39N5O. The SMILES string of the molecule is CC(C)c1cccc(C(C)C)c1-n1c(-n2c3ccccc3c3ccc(Oc4ccc5c6ccccc6n(-c6ccccn6)c5c4)cc32)nc2ccccc21. The van der Waals surface area contributed by atoms with Gasteiger partial charge in [0, 0.05) is 39.9 Å². The molecule has 0 bridgehead atoms. The molecule has 0 fully saturated rings. The first-order valence-corrected chi connectivity index (χ1v) is 18.7. The molecule has 0 atom stereocenters. The lowest BCUT2D eigenvalue weighted by atomic mass is 9.92. The third kappa shape index (κ3) is 4.94. The lowest BCUT2D eigenvalue weighted by molar-refractivity contribution is 0.484. The number of hydrogen-bond donors (Lipinski definition) is 0. The summed E-state index contributed by atoms with van der Waals surface area (Å²) in [5.41, 5.74) is 10.1. The van der Waals surface area contributed by atoms with Crippen molar-refractivity contribution in [1.82, 2.24) is 23.7 Å². The Morgan fingerprint density at radius 3 is 1.61 bits per heavy atom. The Morgan fingerprint density at radius 1 is 0.463 bits per heavy atom. The minimum atomic E-state index is 0.319. The molecule has 4 heterocycles. The molecular weight excluding hydrogens is 663 g/mol. The van der Waals surface area contributed by atoms with Gasteiger partial charge < -0.3 is 4.74 Å². The topological polar surface area (TPSA) is 49.8 Å². The van der Waals surface area contributed by atoms with E-state index in [4.69, 9.17) is 14.7 Å². The number of ether oxygens (including phenoxy) is 1. The van der Waals surface area contributed by atoms with Crippen LogP contribution < -0.4 is 4.74 Å². The van der Waals surface area contributed by atoms with Gasteiger partial charge in [0.1, 0.15) is 17.3 Å². The number of aromatic nitrogens is 5. The van der Waals surface area contributed by atoms with Gasteiger partial charge in [-0.05, 0) is 83.6 Å². The summed E-state index contributed by atoms with van der Waals surface area (Å²) in [5, 5.41) is 4.64. The predicted octanol–water partition coefficient (Wildman–Crippen LogP) is 12.7. The Morgan fingerprint density at radius 2 is 1.00 bits per heavy atom. The van der Waals surface area contributed by atoms with Gasteiger partial charge >= 0.3 is 0 Å². The Balaban J connectivity index is 1.19. The summed E-state index contributed by atoms with van der Waals surface area (Å²) < 4.78 is 13.7. The van der Waals surface area contributed by atoms with E-state index in [0.29, 0.717) is 11.8 Å². The average Bonchev–Trinajstić information content (AvgIpc) is 3.84. The van der Waals surface area contributed by atoms with Crippen LogP contribution in [-0.2, 0) is 0 Å². The van der Waals surface area contributed by atoms with E-state index in [0.717, 1.165) is 67.1 Å². The van der Waals surface area contributed by atoms with E-state index in [-0.39, 0.29) is 0 Å². The summed E-state index contributed by atoms with van der Waals surface area (Å²) in [6.07, 6.45) is 1.84. The Labute approximate surface area is 313 Å². The van der Waals surface area contributed by atoms with Gasteiger partial charge in [-0.3, -0.25) is 13.7 Å². The van der Waals surface area contributed by atoms with Crippen molar-refractivity contribution < 1.29 is 4.74 Å². The van der Waals surface area contributed by atoms with Crippen molar-refractivity contribution in [2.45, 2.75) is 39.5 Å². The second-order valence-electron chi connectivity index (χ2n) is 14.7. The number of benzene rings is 6. The Kier molecular flexibility index (Phi) is 7.41. The summed E-state index contributed by atoms with van der Waals surface area (Å²) in [7, 11) is 0. The van der Waals surface area contributed by atoms with Crippen molar-refractivity contribution >= 4 is 54.6 Å². The summed E-state index contributed by atoms with van der Waals surface area (Å²) in [6, 6.07) is 51.1. The van der Waals surface area contributed by atoms with E-state index >= 15 is 0 Å². The van der Waals surface area contributed by atoms with Crippen LogP contribution in [0.15, 0.2) is 152 Å². The van der Waals surface area contributed by atoms with E-state index in [2.05, 4.69) is 169 Å². The zero-order valence-electron chi connectivity index (χ0n) is 30.7. The maximum Gasteiger partial charge on any atom is 0.220 e. The Bertz CT molecular complexity index is 3010. The highest BCUT2D eigenvalue weighted by atomic mass is 16.5. The van der Waals surface area contributed by atoms with Crippen molar-refractivity contribution in [2.75, 3.05) is 0 Å². The van der Waals surface area contributed by atoms with Crippen LogP contribution in [0.4, 0.5) is 0 Å². The molecule has 0 saturated carbocycles. The average molecular weight is 702 g/mol. The van der Waals surface area contributed by atoms with Gasteiger partial charge in [0.25, 0.3) is 0 Å². The van der Waals surface area contributed by atoms with Gasteiger partial charge in [-0.15, -0.1) is 0 Å². The van der Waals surface area contributed by atoms with E-state index in [9.17, 15) is 0 Å². The fraction of sp³-hybridized carbons (Fsp3) is 0.125. The highest BCUT2D eigenvalue weighted by Gasteiger charge is 2.25. The maximum absolute atomic E-state index is 6.77. The maximum atomic E-state index is 6.77.